The fourth-order valence-corrected chi connectivity index (χ4v) is 4.79. The van der Waals surface area contributed by atoms with Crippen molar-refractivity contribution in [3.8, 4) is 17.2 Å². The fraction of sp³-hybridized carbons (Fsp3) is 0. The zero-order chi connectivity index (χ0) is 18.7. The molecule has 0 atom stereocenters. The number of nitrogens with zero attached hydrogens (tertiary/aromatic N) is 2. The third-order valence-electron chi connectivity index (χ3n) is 5.90. The zero-order valence-corrected chi connectivity index (χ0v) is 15.1. The van der Waals surface area contributed by atoms with E-state index in [2.05, 4.69) is 83.8 Å². The van der Waals surface area contributed by atoms with Gasteiger partial charge in [0.15, 0.2) is 0 Å². The monoisotopic (exact) mass is 354 g/mol. The lowest BCUT2D eigenvalue weighted by atomic mass is 9.37. The first kappa shape index (κ1) is 15.3. The molecule has 0 aliphatic carbocycles. The third-order valence-corrected chi connectivity index (χ3v) is 5.90. The summed E-state index contributed by atoms with van der Waals surface area (Å²) in [5.74, 6) is 0. The molecule has 0 fully saturated rings. The highest BCUT2D eigenvalue weighted by atomic mass is 15.1. The molecule has 0 saturated heterocycles. The van der Waals surface area contributed by atoms with Crippen LogP contribution in [0.3, 0.4) is 0 Å². The topological polar surface area (TPSA) is 27.0 Å². The summed E-state index contributed by atoms with van der Waals surface area (Å²) in [6.45, 7) is 0.213. The van der Waals surface area contributed by atoms with E-state index in [1.54, 1.807) is 0 Å². The standard InChI is InChI=1S/C25H15BN2/c27-16-17-13-14-22-24(15-17)28(18-7-2-1-3-8-18)23-12-6-10-20-19-9-4-5-11-21(19)26(22)25(20)23/h1-15H. The van der Waals surface area contributed by atoms with E-state index in [4.69, 9.17) is 0 Å². The van der Waals surface area contributed by atoms with E-state index in [-0.39, 0.29) is 6.71 Å². The van der Waals surface area contributed by atoms with Gasteiger partial charge < -0.3 is 4.90 Å². The molecule has 0 saturated carbocycles. The van der Waals surface area contributed by atoms with Gasteiger partial charge >= 0.3 is 0 Å². The van der Waals surface area contributed by atoms with Gasteiger partial charge in [-0.25, -0.2) is 0 Å². The number of hydrogen-bond donors (Lipinski definition) is 0. The van der Waals surface area contributed by atoms with Gasteiger partial charge in [0.25, 0.3) is 0 Å². The molecule has 2 aliphatic heterocycles. The molecule has 0 spiro atoms. The second kappa shape index (κ2) is 5.61. The van der Waals surface area contributed by atoms with Gasteiger partial charge in [0.1, 0.15) is 0 Å². The highest BCUT2D eigenvalue weighted by molar-refractivity contribution is 7.01. The minimum absolute atomic E-state index is 0.213. The minimum Gasteiger partial charge on any atom is -0.311 e. The van der Waals surface area contributed by atoms with Gasteiger partial charge in [-0.05, 0) is 52.4 Å². The number of para-hydroxylation sites is 1. The molecular weight excluding hydrogens is 339 g/mol. The number of benzene rings is 4. The van der Waals surface area contributed by atoms with E-state index in [9.17, 15) is 5.26 Å². The Morgan fingerprint density at radius 2 is 1.46 bits per heavy atom. The summed E-state index contributed by atoms with van der Waals surface area (Å²) in [6.07, 6.45) is 0. The Morgan fingerprint density at radius 1 is 0.679 bits per heavy atom. The number of hydrogen-bond acceptors (Lipinski definition) is 2. The summed E-state index contributed by atoms with van der Waals surface area (Å²) in [6, 6.07) is 34.1. The summed E-state index contributed by atoms with van der Waals surface area (Å²) in [5, 5.41) is 9.51. The van der Waals surface area contributed by atoms with Crippen LogP contribution in [0.25, 0.3) is 11.1 Å². The minimum atomic E-state index is 0.213. The maximum atomic E-state index is 9.51. The highest BCUT2D eigenvalue weighted by Gasteiger charge is 2.41. The van der Waals surface area contributed by atoms with Crippen LogP contribution in [0.1, 0.15) is 5.56 Å². The van der Waals surface area contributed by atoms with Gasteiger partial charge in [-0.2, -0.15) is 5.26 Å². The molecule has 2 aliphatic rings. The van der Waals surface area contributed by atoms with Crippen molar-refractivity contribution >= 4 is 40.2 Å². The Hall–Kier alpha value is -3.77. The van der Waals surface area contributed by atoms with Gasteiger partial charge in [-0.3, -0.25) is 0 Å². The van der Waals surface area contributed by atoms with Crippen LogP contribution in [-0.4, -0.2) is 6.71 Å². The second-order valence-electron chi connectivity index (χ2n) is 7.31. The fourth-order valence-electron chi connectivity index (χ4n) is 4.79. The average Bonchev–Trinajstić information content (AvgIpc) is 3.10. The first-order valence-corrected chi connectivity index (χ1v) is 9.48. The lowest BCUT2D eigenvalue weighted by Gasteiger charge is -2.36. The van der Waals surface area contributed by atoms with Crippen LogP contribution in [0.5, 0.6) is 0 Å². The Bertz CT molecular complexity index is 1290. The van der Waals surface area contributed by atoms with Crippen LogP contribution < -0.4 is 21.3 Å². The molecule has 3 heteroatoms. The number of anilines is 3. The molecule has 0 aromatic heterocycles. The van der Waals surface area contributed by atoms with Gasteiger partial charge in [0, 0.05) is 17.1 Å². The molecular formula is C25H15BN2. The van der Waals surface area contributed by atoms with Crippen molar-refractivity contribution in [3.63, 3.8) is 0 Å². The van der Waals surface area contributed by atoms with E-state index in [0.717, 1.165) is 11.4 Å². The second-order valence-corrected chi connectivity index (χ2v) is 7.31. The Balaban J connectivity index is 1.73. The van der Waals surface area contributed by atoms with E-state index in [1.165, 1.54) is 33.2 Å². The first-order chi connectivity index (χ1) is 13.9. The molecule has 0 bridgehead atoms. The molecule has 0 amide bonds. The van der Waals surface area contributed by atoms with Crippen molar-refractivity contribution in [1.82, 2.24) is 0 Å². The van der Waals surface area contributed by atoms with E-state index >= 15 is 0 Å². The van der Waals surface area contributed by atoms with Crippen molar-refractivity contribution in [2.75, 3.05) is 4.90 Å². The van der Waals surface area contributed by atoms with E-state index in [0.29, 0.717) is 5.56 Å². The van der Waals surface area contributed by atoms with Crippen molar-refractivity contribution in [1.29, 1.82) is 5.26 Å². The number of fused-ring (bicyclic) bond motifs is 5. The van der Waals surface area contributed by atoms with Gasteiger partial charge in [0.2, 0.25) is 6.71 Å². The van der Waals surface area contributed by atoms with Crippen LogP contribution in [-0.2, 0) is 0 Å². The third kappa shape index (κ3) is 1.92. The normalized spacial score (nSPS) is 12.8. The maximum absolute atomic E-state index is 9.51. The van der Waals surface area contributed by atoms with Crippen LogP contribution in [0, 0.1) is 11.3 Å². The molecule has 2 heterocycles. The Kier molecular flexibility index (Phi) is 3.07. The van der Waals surface area contributed by atoms with Gasteiger partial charge in [0.05, 0.1) is 11.6 Å². The van der Waals surface area contributed by atoms with Crippen LogP contribution >= 0.6 is 0 Å². The molecule has 0 N–H and O–H groups in total. The summed E-state index contributed by atoms with van der Waals surface area (Å²) < 4.78 is 0. The van der Waals surface area contributed by atoms with Crippen molar-refractivity contribution in [3.05, 3.63) is 96.6 Å². The average molecular weight is 354 g/mol. The van der Waals surface area contributed by atoms with Crippen molar-refractivity contribution in [2.24, 2.45) is 0 Å². The number of nitriles is 1. The van der Waals surface area contributed by atoms with Crippen molar-refractivity contribution < 1.29 is 0 Å². The molecule has 0 radical (unpaired) electrons. The Labute approximate surface area is 164 Å². The van der Waals surface area contributed by atoms with Crippen LogP contribution in [0.15, 0.2) is 91.0 Å². The lowest BCUT2D eigenvalue weighted by Crippen LogP contribution is -2.54. The van der Waals surface area contributed by atoms with Crippen molar-refractivity contribution in [2.45, 2.75) is 0 Å². The quantitative estimate of drug-likeness (QED) is 0.420. The molecule has 128 valence electrons. The zero-order valence-electron chi connectivity index (χ0n) is 15.1. The Morgan fingerprint density at radius 3 is 2.32 bits per heavy atom. The summed E-state index contributed by atoms with van der Waals surface area (Å²) >= 11 is 0. The molecule has 4 aromatic carbocycles. The summed E-state index contributed by atoms with van der Waals surface area (Å²) in [4.78, 5) is 2.30. The lowest BCUT2D eigenvalue weighted by molar-refractivity contribution is 1.29. The summed E-state index contributed by atoms with van der Waals surface area (Å²) in [7, 11) is 0. The van der Waals surface area contributed by atoms with Gasteiger partial charge in [-0.15, -0.1) is 0 Å². The van der Waals surface area contributed by atoms with Gasteiger partial charge in [-0.1, -0.05) is 66.1 Å². The molecule has 6 rings (SSSR count). The predicted molar refractivity (Wildman–Crippen MR) is 116 cm³/mol. The maximum Gasteiger partial charge on any atom is 0.248 e. The SMILES string of the molecule is N#Cc1ccc2c(c1)N(c1ccccc1)c1cccc3c1B2c1ccccc1-3. The highest BCUT2D eigenvalue weighted by Crippen LogP contribution is 2.40. The largest absolute Gasteiger partial charge is 0.311 e. The van der Waals surface area contributed by atoms with E-state index in [1.807, 2.05) is 18.2 Å². The van der Waals surface area contributed by atoms with E-state index < -0.39 is 0 Å². The predicted octanol–water partition coefficient (Wildman–Crippen LogP) is 3.84. The summed E-state index contributed by atoms with van der Waals surface area (Å²) in [5.41, 5.74) is 10.7. The molecule has 0 unspecified atom stereocenters. The molecule has 28 heavy (non-hydrogen) atoms. The molecule has 4 aromatic rings. The number of rotatable bonds is 1. The smallest absolute Gasteiger partial charge is 0.248 e. The van der Waals surface area contributed by atoms with Crippen LogP contribution in [0.4, 0.5) is 17.1 Å². The molecule has 2 nitrogen and oxygen atoms in total. The first-order valence-electron chi connectivity index (χ1n) is 9.48. The van der Waals surface area contributed by atoms with Crippen LogP contribution in [0.2, 0.25) is 0 Å².